The van der Waals surface area contributed by atoms with Gasteiger partial charge in [0.1, 0.15) is 11.5 Å². The van der Waals surface area contributed by atoms with Gasteiger partial charge < -0.3 is 18.8 Å². The van der Waals surface area contributed by atoms with Crippen LogP contribution in [0.4, 0.5) is 0 Å². The minimum atomic E-state index is -0.267. The number of benzene rings is 1. The summed E-state index contributed by atoms with van der Waals surface area (Å²) in [5, 5.41) is 8.30. The van der Waals surface area contributed by atoms with Crippen LogP contribution in [0, 0.1) is 0 Å². The first-order valence-electron chi connectivity index (χ1n) is 9.13. The Labute approximate surface area is 163 Å². The minimum Gasteiger partial charge on any atom is -0.497 e. The third-order valence-corrected chi connectivity index (χ3v) is 5.47. The molecular weight excluding hydrogens is 366 g/mol. The van der Waals surface area contributed by atoms with E-state index in [-0.39, 0.29) is 11.2 Å². The van der Waals surface area contributed by atoms with Crippen LogP contribution in [-0.2, 0) is 4.79 Å². The van der Waals surface area contributed by atoms with Crippen molar-refractivity contribution in [1.29, 1.82) is 0 Å². The topological polar surface area (TPSA) is 77.7 Å². The van der Waals surface area contributed by atoms with Crippen LogP contribution in [0.1, 0.15) is 32.6 Å². The summed E-state index contributed by atoms with van der Waals surface area (Å²) in [7, 11) is 3.17. The molecule has 1 aromatic carbocycles. The number of hydrogen-bond acceptors (Lipinski definition) is 7. The fourth-order valence-corrected chi connectivity index (χ4v) is 3.82. The summed E-state index contributed by atoms with van der Waals surface area (Å²) < 4.78 is 16.3. The maximum Gasteiger partial charge on any atom is 0.277 e. The smallest absolute Gasteiger partial charge is 0.277 e. The van der Waals surface area contributed by atoms with Gasteiger partial charge >= 0.3 is 0 Å². The van der Waals surface area contributed by atoms with Crippen LogP contribution in [0.25, 0.3) is 11.5 Å². The SMILES string of the molecule is COc1cc(OC)cc(-c2nnc(S[C@@H](C)C(=O)N3CCCCCC3)o2)c1. The molecule has 3 rings (SSSR count). The average molecular weight is 391 g/mol. The van der Waals surface area contributed by atoms with E-state index in [1.807, 2.05) is 11.8 Å². The molecular formula is C19H25N3O4S. The van der Waals surface area contributed by atoms with Crippen molar-refractivity contribution in [2.24, 2.45) is 0 Å². The molecule has 2 heterocycles. The Morgan fingerprint density at radius 2 is 1.70 bits per heavy atom. The van der Waals surface area contributed by atoms with E-state index < -0.39 is 0 Å². The lowest BCUT2D eigenvalue weighted by molar-refractivity contribution is -0.130. The highest BCUT2D eigenvalue weighted by molar-refractivity contribution is 8.00. The summed E-state index contributed by atoms with van der Waals surface area (Å²) in [5.41, 5.74) is 0.706. The minimum absolute atomic E-state index is 0.129. The Kier molecular flexibility index (Phi) is 6.60. The predicted molar refractivity (Wildman–Crippen MR) is 103 cm³/mol. The number of rotatable bonds is 6. The standard InChI is InChI=1S/C19H25N3O4S/c1-13(18(23)22-8-6-4-5-7-9-22)27-19-21-20-17(26-19)14-10-15(24-2)12-16(11-14)25-3/h10-13H,4-9H2,1-3H3/t13-/m0/s1. The second kappa shape index (κ2) is 9.12. The Morgan fingerprint density at radius 1 is 1.07 bits per heavy atom. The average Bonchev–Trinajstić information content (AvgIpc) is 2.99. The van der Waals surface area contributed by atoms with Gasteiger partial charge in [-0.15, -0.1) is 10.2 Å². The largest absolute Gasteiger partial charge is 0.497 e. The molecule has 2 aromatic rings. The van der Waals surface area contributed by atoms with Crippen LogP contribution in [0.15, 0.2) is 27.8 Å². The zero-order chi connectivity index (χ0) is 19.2. The molecule has 7 nitrogen and oxygen atoms in total. The maximum absolute atomic E-state index is 12.7. The van der Waals surface area contributed by atoms with E-state index in [4.69, 9.17) is 13.9 Å². The zero-order valence-corrected chi connectivity index (χ0v) is 16.8. The first kappa shape index (κ1) is 19.5. The molecule has 8 heteroatoms. The van der Waals surface area contributed by atoms with Crippen LogP contribution >= 0.6 is 11.8 Å². The van der Waals surface area contributed by atoms with E-state index in [2.05, 4.69) is 10.2 Å². The van der Waals surface area contributed by atoms with Crippen LogP contribution in [-0.4, -0.2) is 53.6 Å². The molecule has 0 saturated carbocycles. The Balaban J connectivity index is 1.69. The van der Waals surface area contributed by atoms with Gasteiger partial charge in [-0.25, -0.2) is 0 Å². The highest BCUT2D eigenvalue weighted by Gasteiger charge is 2.24. The third-order valence-electron chi connectivity index (χ3n) is 4.55. The molecule has 1 aromatic heterocycles. The number of methoxy groups -OCH3 is 2. The lowest BCUT2D eigenvalue weighted by Crippen LogP contribution is -2.37. The molecule has 1 aliphatic heterocycles. The number of nitrogens with zero attached hydrogens (tertiary/aromatic N) is 3. The molecule has 0 N–H and O–H groups in total. The van der Waals surface area contributed by atoms with Crippen molar-refractivity contribution in [1.82, 2.24) is 15.1 Å². The van der Waals surface area contributed by atoms with Gasteiger partial charge in [-0.05, 0) is 31.9 Å². The van der Waals surface area contributed by atoms with Crippen molar-refractivity contribution in [3.8, 4) is 23.0 Å². The molecule has 1 saturated heterocycles. The molecule has 146 valence electrons. The summed E-state index contributed by atoms with van der Waals surface area (Å²) >= 11 is 1.29. The van der Waals surface area contributed by atoms with Gasteiger partial charge in [0.05, 0.1) is 19.5 Å². The molecule has 27 heavy (non-hydrogen) atoms. The first-order valence-corrected chi connectivity index (χ1v) is 10.0. The number of thioether (sulfide) groups is 1. The van der Waals surface area contributed by atoms with Gasteiger partial charge in [-0.2, -0.15) is 0 Å². The number of ether oxygens (including phenoxy) is 2. The van der Waals surface area contributed by atoms with E-state index in [1.165, 1.54) is 24.6 Å². The van der Waals surface area contributed by atoms with Crippen molar-refractivity contribution >= 4 is 17.7 Å². The van der Waals surface area contributed by atoms with E-state index in [1.54, 1.807) is 32.4 Å². The summed E-state index contributed by atoms with van der Waals surface area (Å²) in [6.45, 7) is 3.56. The van der Waals surface area contributed by atoms with Gasteiger partial charge in [0.2, 0.25) is 11.8 Å². The van der Waals surface area contributed by atoms with Crippen LogP contribution in [0.3, 0.4) is 0 Å². The zero-order valence-electron chi connectivity index (χ0n) is 15.9. The lowest BCUT2D eigenvalue weighted by atomic mass is 10.2. The molecule has 0 bridgehead atoms. The molecule has 0 spiro atoms. The van der Waals surface area contributed by atoms with E-state index in [0.717, 1.165) is 25.9 Å². The molecule has 1 atom stereocenters. The van der Waals surface area contributed by atoms with Crippen LogP contribution in [0.2, 0.25) is 0 Å². The highest BCUT2D eigenvalue weighted by atomic mass is 32.2. The van der Waals surface area contributed by atoms with Crippen LogP contribution < -0.4 is 9.47 Å². The molecule has 0 aliphatic carbocycles. The molecule has 1 fully saturated rings. The predicted octanol–water partition coefficient (Wildman–Crippen LogP) is 3.64. The summed E-state index contributed by atoms with van der Waals surface area (Å²) in [4.78, 5) is 14.6. The first-order chi connectivity index (χ1) is 13.1. The normalized spacial score (nSPS) is 15.9. The Hall–Kier alpha value is -2.22. The van der Waals surface area contributed by atoms with Gasteiger partial charge in [0.15, 0.2) is 0 Å². The van der Waals surface area contributed by atoms with Gasteiger partial charge in [0.25, 0.3) is 5.22 Å². The molecule has 1 amide bonds. The third kappa shape index (κ3) is 4.94. The van der Waals surface area contributed by atoms with Crippen molar-refractivity contribution < 1.29 is 18.7 Å². The molecule has 0 radical (unpaired) electrons. The number of hydrogen-bond donors (Lipinski definition) is 0. The van der Waals surface area contributed by atoms with Gasteiger partial charge in [0, 0.05) is 24.7 Å². The quantitative estimate of drug-likeness (QED) is 0.696. The fourth-order valence-electron chi connectivity index (χ4n) is 3.05. The van der Waals surface area contributed by atoms with E-state index in [0.29, 0.717) is 28.2 Å². The second-order valence-electron chi connectivity index (χ2n) is 6.47. The van der Waals surface area contributed by atoms with Crippen molar-refractivity contribution in [3.05, 3.63) is 18.2 Å². The van der Waals surface area contributed by atoms with Crippen LogP contribution in [0.5, 0.6) is 11.5 Å². The maximum atomic E-state index is 12.7. The van der Waals surface area contributed by atoms with E-state index in [9.17, 15) is 4.79 Å². The van der Waals surface area contributed by atoms with E-state index >= 15 is 0 Å². The number of carbonyl (C=O) groups is 1. The van der Waals surface area contributed by atoms with Crippen molar-refractivity contribution in [2.75, 3.05) is 27.3 Å². The number of aromatic nitrogens is 2. The monoisotopic (exact) mass is 391 g/mol. The highest BCUT2D eigenvalue weighted by Crippen LogP contribution is 2.31. The van der Waals surface area contributed by atoms with Crippen molar-refractivity contribution in [2.45, 2.75) is 43.1 Å². The molecule has 0 unspecified atom stereocenters. The Morgan fingerprint density at radius 3 is 2.30 bits per heavy atom. The Bertz CT molecular complexity index is 750. The number of amides is 1. The second-order valence-corrected chi connectivity index (χ2v) is 7.77. The lowest BCUT2D eigenvalue weighted by Gasteiger charge is -2.23. The summed E-state index contributed by atoms with van der Waals surface area (Å²) in [5.74, 6) is 1.77. The summed E-state index contributed by atoms with van der Waals surface area (Å²) in [6.07, 6.45) is 4.54. The molecule has 1 aliphatic rings. The van der Waals surface area contributed by atoms with Crippen molar-refractivity contribution in [3.63, 3.8) is 0 Å². The number of likely N-dealkylation sites (tertiary alicyclic amines) is 1. The van der Waals surface area contributed by atoms with Gasteiger partial charge in [-0.3, -0.25) is 4.79 Å². The summed E-state index contributed by atoms with van der Waals surface area (Å²) in [6, 6.07) is 5.38. The number of carbonyl (C=O) groups excluding carboxylic acids is 1. The van der Waals surface area contributed by atoms with Gasteiger partial charge in [-0.1, -0.05) is 24.6 Å². The fraction of sp³-hybridized carbons (Fsp3) is 0.526.